The van der Waals surface area contributed by atoms with Crippen LogP contribution in [0.5, 0.6) is 28.7 Å². The van der Waals surface area contributed by atoms with Gasteiger partial charge in [-0.3, -0.25) is 9.69 Å². The highest BCUT2D eigenvalue weighted by atomic mass is 35.5. The molecule has 0 saturated carbocycles. The minimum Gasteiger partial charge on any atom is -0.507 e. The summed E-state index contributed by atoms with van der Waals surface area (Å²) in [6, 6.07) is 4.70. The molecule has 1 aliphatic heterocycles. The van der Waals surface area contributed by atoms with Gasteiger partial charge in [0.15, 0.2) is 22.8 Å². The fourth-order valence-electron chi connectivity index (χ4n) is 3.37. The van der Waals surface area contributed by atoms with Crippen molar-refractivity contribution in [2.24, 2.45) is 0 Å². The van der Waals surface area contributed by atoms with Crippen molar-refractivity contribution < 1.29 is 34.7 Å². The number of nitrogens with zero attached hydrogens (tertiary/aromatic N) is 1. The fourth-order valence-corrected chi connectivity index (χ4v) is 3.37. The van der Waals surface area contributed by atoms with Crippen molar-refractivity contribution in [3.8, 4) is 40.1 Å². The van der Waals surface area contributed by atoms with Crippen LogP contribution in [-0.4, -0.2) is 56.7 Å². The number of ether oxygens (including phenoxy) is 1. The first-order valence-electron chi connectivity index (χ1n) is 8.93. The maximum Gasteiger partial charge on any atom is 0.238 e. The van der Waals surface area contributed by atoms with E-state index in [9.17, 15) is 30.3 Å². The molecule has 1 saturated heterocycles. The lowest BCUT2D eigenvalue weighted by Crippen LogP contribution is -2.35. The van der Waals surface area contributed by atoms with Crippen LogP contribution in [-0.2, 0) is 11.3 Å². The predicted molar refractivity (Wildman–Crippen MR) is 110 cm³/mol. The molecule has 1 aromatic heterocycles. The Kier molecular flexibility index (Phi) is 5.97. The zero-order chi connectivity index (χ0) is 20.7. The number of rotatable bonds is 3. The van der Waals surface area contributed by atoms with Crippen LogP contribution in [0.25, 0.3) is 22.3 Å². The zero-order valence-electron chi connectivity index (χ0n) is 15.7. The van der Waals surface area contributed by atoms with E-state index in [0.717, 1.165) is 12.1 Å². The van der Waals surface area contributed by atoms with Gasteiger partial charge in [0.05, 0.1) is 18.8 Å². The summed E-state index contributed by atoms with van der Waals surface area (Å²) in [6.45, 7) is 2.52. The molecule has 0 aliphatic carbocycles. The molecule has 160 valence electrons. The Morgan fingerprint density at radius 3 is 2.27 bits per heavy atom. The normalized spacial score (nSPS) is 14.5. The third-order valence-electron chi connectivity index (χ3n) is 4.92. The summed E-state index contributed by atoms with van der Waals surface area (Å²) in [6.07, 6.45) is 0. The molecule has 2 aromatic carbocycles. The van der Waals surface area contributed by atoms with E-state index in [0.29, 0.717) is 26.3 Å². The Morgan fingerprint density at radius 2 is 1.60 bits per heavy atom. The van der Waals surface area contributed by atoms with Crippen LogP contribution in [0.2, 0.25) is 0 Å². The minimum atomic E-state index is -0.880. The average molecular weight is 438 g/mol. The molecule has 5 N–H and O–H groups in total. The SMILES string of the molecule is Cl.O=c1c(O)c(-c2ccc(O)c(O)c2)oc2c(CN3CCOCC3)c(O)cc(O)c12. The first kappa shape index (κ1) is 21.6. The number of aromatic hydroxyl groups is 5. The number of hydrogen-bond donors (Lipinski definition) is 5. The average Bonchev–Trinajstić information content (AvgIpc) is 2.70. The summed E-state index contributed by atoms with van der Waals surface area (Å²) in [7, 11) is 0. The van der Waals surface area contributed by atoms with E-state index in [1.165, 1.54) is 12.1 Å². The van der Waals surface area contributed by atoms with Gasteiger partial charge in [-0.25, -0.2) is 0 Å². The van der Waals surface area contributed by atoms with Crippen molar-refractivity contribution in [3.05, 3.63) is 40.1 Å². The molecule has 4 rings (SSSR count). The smallest absolute Gasteiger partial charge is 0.238 e. The number of halogens is 1. The molecule has 30 heavy (non-hydrogen) atoms. The van der Waals surface area contributed by atoms with Gasteiger partial charge < -0.3 is 34.7 Å². The molecule has 0 unspecified atom stereocenters. The zero-order valence-corrected chi connectivity index (χ0v) is 16.5. The summed E-state index contributed by atoms with van der Waals surface area (Å²) < 4.78 is 11.1. The van der Waals surface area contributed by atoms with Gasteiger partial charge in [-0.2, -0.15) is 0 Å². The highest BCUT2D eigenvalue weighted by Gasteiger charge is 2.24. The molecule has 0 spiro atoms. The largest absolute Gasteiger partial charge is 0.507 e. The van der Waals surface area contributed by atoms with Crippen LogP contribution in [0, 0.1) is 0 Å². The van der Waals surface area contributed by atoms with E-state index in [1.807, 2.05) is 4.90 Å². The van der Waals surface area contributed by atoms with Crippen LogP contribution in [0.1, 0.15) is 5.56 Å². The number of phenols is 4. The molecule has 0 atom stereocenters. The van der Waals surface area contributed by atoms with Gasteiger partial charge >= 0.3 is 0 Å². The number of fused-ring (bicyclic) bond motifs is 1. The van der Waals surface area contributed by atoms with Crippen LogP contribution in [0.4, 0.5) is 0 Å². The lowest BCUT2D eigenvalue weighted by molar-refractivity contribution is 0.0339. The van der Waals surface area contributed by atoms with Crippen molar-refractivity contribution in [3.63, 3.8) is 0 Å². The second kappa shape index (κ2) is 8.31. The summed E-state index contributed by atoms with van der Waals surface area (Å²) in [5, 5.41) is 50.0. The van der Waals surface area contributed by atoms with E-state index in [-0.39, 0.29) is 58.3 Å². The Morgan fingerprint density at radius 1 is 0.900 bits per heavy atom. The molecule has 0 radical (unpaired) electrons. The van der Waals surface area contributed by atoms with Gasteiger partial charge in [0, 0.05) is 31.3 Å². The van der Waals surface area contributed by atoms with Crippen LogP contribution >= 0.6 is 12.4 Å². The lowest BCUT2D eigenvalue weighted by Gasteiger charge is -2.27. The quantitative estimate of drug-likeness (QED) is 0.389. The van der Waals surface area contributed by atoms with Gasteiger partial charge in [0.25, 0.3) is 0 Å². The van der Waals surface area contributed by atoms with E-state index in [1.54, 1.807) is 0 Å². The topological polar surface area (TPSA) is 144 Å². The number of morpholine rings is 1. The summed E-state index contributed by atoms with van der Waals surface area (Å²) in [5.41, 5.74) is -0.535. The highest BCUT2D eigenvalue weighted by molar-refractivity contribution is 5.91. The first-order valence-corrected chi connectivity index (χ1v) is 8.93. The van der Waals surface area contributed by atoms with Gasteiger partial charge in [-0.05, 0) is 18.2 Å². The van der Waals surface area contributed by atoms with Crippen LogP contribution in [0.15, 0.2) is 33.5 Å². The molecular weight excluding hydrogens is 418 g/mol. The summed E-state index contributed by atoms with van der Waals surface area (Å²) >= 11 is 0. The molecule has 2 heterocycles. The first-order chi connectivity index (χ1) is 13.9. The number of hydrogen-bond acceptors (Lipinski definition) is 9. The molecule has 3 aromatic rings. The third-order valence-corrected chi connectivity index (χ3v) is 4.92. The molecule has 1 fully saturated rings. The molecular formula is C20H20ClNO8. The number of phenolic OH excluding ortho intramolecular Hbond substituents is 4. The summed E-state index contributed by atoms with van der Waals surface area (Å²) in [5.74, 6) is -2.63. The Labute approximate surface area is 176 Å². The van der Waals surface area contributed by atoms with E-state index in [2.05, 4.69) is 0 Å². The lowest BCUT2D eigenvalue weighted by atomic mass is 10.0. The fraction of sp³-hybridized carbons (Fsp3) is 0.250. The predicted octanol–water partition coefficient (Wildman–Crippen LogP) is 2.24. The van der Waals surface area contributed by atoms with Gasteiger partial charge in [-0.15, -0.1) is 12.4 Å². The van der Waals surface area contributed by atoms with E-state index < -0.39 is 22.7 Å². The van der Waals surface area contributed by atoms with Crippen molar-refractivity contribution in [2.75, 3.05) is 26.3 Å². The van der Waals surface area contributed by atoms with Crippen LogP contribution < -0.4 is 5.43 Å². The third kappa shape index (κ3) is 3.70. The second-order valence-electron chi connectivity index (χ2n) is 6.80. The van der Waals surface area contributed by atoms with Gasteiger partial charge in [0.1, 0.15) is 16.9 Å². The molecule has 9 nitrogen and oxygen atoms in total. The Balaban J connectivity index is 0.00000256. The van der Waals surface area contributed by atoms with E-state index in [4.69, 9.17) is 9.15 Å². The minimum absolute atomic E-state index is 0. The van der Waals surface area contributed by atoms with Crippen molar-refractivity contribution in [2.45, 2.75) is 6.54 Å². The highest BCUT2D eigenvalue weighted by Crippen LogP contribution is 2.40. The van der Waals surface area contributed by atoms with Crippen molar-refractivity contribution >= 4 is 23.4 Å². The maximum atomic E-state index is 12.8. The molecule has 1 aliphatic rings. The van der Waals surface area contributed by atoms with Crippen LogP contribution in [0.3, 0.4) is 0 Å². The monoisotopic (exact) mass is 437 g/mol. The summed E-state index contributed by atoms with van der Waals surface area (Å²) in [4.78, 5) is 14.7. The standard InChI is InChI=1S/C20H19NO8.ClH/c22-12-2-1-10(7-14(12)24)19-18(27)17(26)16-15(25)8-13(23)11(20(16)29-19)9-21-3-5-28-6-4-21;/h1-2,7-8,22-25,27H,3-6,9H2;1H. The van der Waals surface area contributed by atoms with E-state index >= 15 is 0 Å². The van der Waals surface area contributed by atoms with Crippen molar-refractivity contribution in [1.82, 2.24) is 4.90 Å². The molecule has 0 amide bonds. The van der Waals surface area contributed by atoms with Gasteiger partial charge in [-0.1, -0.05) is 0 Å². The molecule has 0 bridgehead atoms. The Bertz CT molecular complexity index is 1150. The maximum absolute atomic E-state index is 12.8. The van der Waals surface area contributed by atoms with Crippen molar-refractivity contribution in [1.29, 1.82) is 0 Å². The Hall–Kier alpha value is -3.14. The number of benzene rings is 2. The second-order valence-corrected chi connectivity index (χ2v) is 6.80. The molecule has 10 heteroatoms. The van der Waals surface area contributed by atoms with Gasteiger partial charge in [0.2, 0.25) is 11.2 Å².